The monoisotopic (exact) mass is 428 g/mol. The zero-order valence-electron chi connectivity index (χ0n) is 15.6. The van der Waals surface area contributed by atoms with Crippen LogP contribution in [0.3, 0.4) is 0 Å². The van der Waals surface area contributed by atoms with Crippen molar-refractivity contribution in [3.05, 3.63) is 65.4 Å². The fourth-order valence-electron chi connectivity index (χ4n) is 3.89. The summed E-state index contributed by atoms with van der Waals surface area (Å²) in [7, 11) is 0. The highest BCUT2D eigenvalue weighted by atomic mass is 19.4. The molecule has 30 heavy (non-hydrogen) atoms. The van der Waals surface area contributed by atoms with E-state index in [1.54, 1.807) is 0 Å². The molecule has 3 aromatic rings. The number of nitrogens with one attached hydrogen (secondary N) is 2. The molecule has 2 N–H and O–H groups in total. The predicted molar refractivity (Wildman–Crippen MR) is 99.3 cm³/mol. The normalized spacial score (nSPS) is 20.1. The lowest BCUT2D eigenvalue weighted by Crippen LogP contribution is -2.20. The SMILES string of the molecule is FC(F)(F)c1cc(OC[C@H]2CNC[C@@H]2c2c[nH]c3ccccc23)cc(C(F)(F)F)c1. The van der Waals surface area contributed by atoms with Crippen LogP contribution in [0.4, 0.5) is 26.3 Å². The number of fused-ring (bicyclic) bond motifs is 1. The lowest BCUT2D eigenvalue weighted by molar-refractivity contribution is -0.143. The number of para-hydroxylation sites is 1. The van der Waals surface area contributed by atoms with Crippen LogP contribution in [-0.2, 0) is 12.4 Å². The first-order valence-electron chi connectivity index (χ1n) is 9.32. The van der Waals surface area contributed by atoms with Crippen molar-refractivity contribution in [3.63, 3.8) is 0 Å². The van der Waals surface area contributed by atoms with Gasteiger partial charge in [-0.15, -0.1) is 0 Å². The van der Waals surface area contributed by atoms with E-state index < -0.39 is 29.2 Å². The van der Waals surface area contributed by atoms with E-state index in [4.69, 9.17) is 4.74 Å². The number of aromatic nitrogens is 1. The van der Waals surface area contributed by atoms with Gasteiger partial charge in [-0.25, -0.2) is 0 Å². The number of hydrogen-bond acceptors (Lipinski definition) is 2. The Balaban J connectivity index is 1.56. The summed E-state index contributed by atoms with van der Waals surface area (Å²) in [6.07, 6.45) is -7.91. The molecule has 2 aromatic carbocycles. The van der Waals surface area contributed by atoms with Gasteiger partial charge < -0.3 is 15.0 Å². The minimum absolute atomic E-state index is 0.00419. The molecule has 2 atom stereocenters. The van der Waals surface area contributed by atoms with Crippen LogP contribution >= 0.6 is 0 Å². The predicted octanol–water partition coefficient (Wildman–Crippen LogP) is 5.59. The molecule has 160 valence electrons. The smallest absolute Gasteiger partial charge is 0.416 e. The lowest BCUT2D eigenvalue weighted by Gasteiger charge is -2.20. The van der Waals surface area contributed by atoms with Crippen molar-refractivity contribution in [1.29, 1.82) is 0 Å². The number of rotatable bonds is 4. The van der Waals surface area contributed by atoms with Crippen LogP contribution in [0, 0.1) is 5.92 Å². The number of alkyl halides is 6. The molecule has 0 amide bonds. The fraction of sp³-hybridized carbons (Fsp3) is 0.333. The minimum Gasteiger partial charge on any atom is -0.493 e. The summed E-state index contributed by atoms with van der Waals surface area (Å²) in [6, 6.07) is 9.04. The van der Waals surface area contributed by atoms with E-state index >= 15 is 0 Å². The molecule has 0 spiro atoms. The van der Waals surface area contributed by atoms with Crippen LogP contribution < -0.4 is 10.1 Å². The first-order valence-corrected chi connectivity index (χ1v) is 9.32. The molecular weight excluding hydrogens is 410 g/mol. The van der Waals surface area contributed by atoms with Crippen molar-refractivity contribution in [2.45, 2.75) is 18.3 Å². The van der Waals surface area contributed by atoms with Gasteiger partial charge in [0.25, 0.3) is 0 Å². The molecule has 0 bridgehead atoms. The van der Waals surface area contributed by atoms with Gasteiger partial charge in [-0.2, -0.15) is 26.3 Å². The second kappa shape index (κ2) is 7.54. The number of aromatic amines is 1. The zero-order valence-corrected chi connectivity index (χ0v) is 15.6. The van der Waals surface area contributed by atoms with Gasteiger partial charge in [-0.05, 0) is 29.8 Å². The number of hydrogen-bond donors (Lipinski definition) is 2. The van der Waals surface area contributed by atoms with Crippen molar-refractivity contribution in [3.8, 4) is 5.75 Å². The fourth-order valence-corrected chi connectivity index (χ4v) is 3.89. The van der Waals surface area contributed by atoms with Gasteiger partial charge in [0, 0.05) is 42.0 Å². The maximum atomic E-state index is 13.0. The molecule has 0 radical (unpaired) electrons. The Morgan fingerprint density at radius 1 is 0.900 bits per heavy atom. The van der Waals surface area contributed by atoms with Gasteiger partial charge in [-0.3, -0.25) is 0 Å². The zero-order chi connectivity index (χ0) is 21.5. The van der Waals surface area contributed by atoms with Gasteiger partial charge in [0.15, 0.2) is 0 Å². The van der Waals surface area contributed by atoms with Crippen LogP contribution in [0.1, 0.15) is 22.6 Å². The largest absolute Gasteiger partial charge is 0.493 e. The topological polar surface area (TPSA) is 37.0 Å². The molecule has 3 nitrogen and oxygen atoms in total. The van der Waals surface area contributed by atoms with E-state index in [0.29, 0.717) is 25.2 Å². The highest BCUT2D eigenvalue weighted by molar-refractivity contribution is 5.83. The van der Waals surface area contributed by atoms with E-state index in [0.717, 1.165) is 16.5 Å². The molecule has 1 aromatic heterocycles. The highest BCUT2D eigenvalue weighted by Gasteiger charge is 2.37. The second-order valence-corrected chi connectivity index (χ2v) is 7.37. The van der Waals surface area contributed by atoms with Crippen molar-refractivity contribution in [2.24, 2.45) is 5.92 Å². The summed E-state index contributed by atoms with van der Waals surface area (Å²) in [5.74, 6) is -0.524. The van der Waals surface area contributed by atoms with E-state index in [1.807, 2.05) is 30.5 Å². The number of H-pyrrole nitrogens is 1. The second-order valence-electron chi connectivity index (χ2n) is 7.37. The van der Waals surface area contributed by atoms with Crippen molar-refractivity contribution in [2.75, 3.05) is 19.7 Å². The molecule has 1 saturated heterocycles. The Morgan fingerprint density at radius 3 is 2.23 bits per heavy atom. The molecule has 9 heteroatoms. The van der Waals surface area contributed by atoms with Crippen molar-refractivity contribution < 1.29 is 31.1 Å². The van der Waals surface area contributed by atoms with Crippen LogP contribution in [0.5, 0.6) is 5.75 Å². The van der Waals surface area contributed by atoms with Gasteiger partial charge in [0.1, 0.15) is 5.75 Å². The summed E-state index contributed by atoms with van der Waals surface area (Å²) < 4.78 is 83.7. The van der Waals surface area contributed by atoms with Crippen molar-refractivity contribution >= 4 is 10.9 Å². The standard InChI is InChI=1S/C21H18F6N2O/c22-20(23,24)13-5-14(21(25,26)27)7-15(6-13)30-11-12-8-28-9-17(12)18-10-29-19-4-2-1-3-16(18)19/h1-7,10,12,17,28-29H,8-9,11H2/t12-,17+/m1/s1. The Kier molecular flexibility index (Phi) is 5.17. The van der Waals surface area contributed by atoms with Crippen LogP contribution in [0.2, 0.25) is 0 Å². The summed E-state index contributed by atoms with van der Waals surface area (Å²) in [5, 5.41) is 4.27. The van der Waals surface area contributed by atoms with E-state index in [2.05, 4.69) is 10.3 Å². The molecular formula is C21H18F6N2O. The van der Waals surface area contributed by atoms with Crippen LogP contribution in [-0.4, -0.2) is 24.7 Å². The molecule has 0 unspecified atom stereocenters. The van der Waals surface area contributed by atoms with Crippen molar-refractivity contribution in [1.82, 2.24) is 10.3 Å². The Hall–Kier alpha value is -2.68. The molecule has 0 aliphatic carbocycles. The summed E-state index contributed by atoms with van der Waals surface area (Å²) in [5.41, 5.74) is -0.758. The minimum atomic E-state index is -4.90. The summed E-state index contributed by atoms with van der Waals surface area (Å²) >= 11 is 0. The average Bonchev–Trinajstić information content (AvgIpc) is 3.31. The van der Waals surface area contributed by atoms with Gasteiger partial charge in [0.2, 0.25) is 0 Å². The summed E-state index contributed by atoms with van der Waals surface area (Å²) in [6.45, 7) is 1.19. The molecule has 1 fully saturated rings. The Morgan fingerprint density at radius 2 is 1.57 bits per heavy atom. The highest BCUT2D eigenvalue weighted by Crippen LogP contribution is 2.39. The molecule has 2 heterocycles. The third-order valence-electron chi connectivity index (χ3n) is 5.39. The van der Waals surface area contributed by atoms with E-state index in [-0.39, 0.29) is 24.5 Å². The van der Waals surface area contributed by atoms with Crippen LogP contribution in [0.15, 0.2) is 48.7 Å². The Bertz CT molecular complexity index is 1010. The lowest BCUT2D eigenvalue weighted by atomic mass is 9.89. The van der Waals surface area contributed by atoms with E-state index in [1.165, 1.54) is 0 Å². The number of halogens is 6. The first kappa shape index (κ1) is 20.6. The quantitative estimate of drug-likeness (QED) is 0.532. The molecule has 0 saturated carbocycles. The van der Waals surface area contributed by atoms with Gasteiger partial charge >= 0.3 is 12.4 Å². The maximum absolute atomic E-state index is 13.0. The Labute approximate surface area is 168 Å². The van der Waals surface area contributed by atoms with Gasteiger partial charge in [-0.1, -0.05) is 18.2 Å². The third kappa shape index (κ3) is 4.12. The maximum Gasteiger partial charge on any atom is 0.416 e. The first-order chi connectivity index (χ1) is 14.1. The van der Waals surface area contributed by atoms with Crippen LogP contribution in [0.25, 0.3) is 10.9 Å². The third-order valence-corrected chi connectivity index (χ3v) is 5.39. The molecule has 1 aliphatic rings. The number of ether oxygens (including phenoxy) is 1. The molecule has 1 aliphatic heterocycles. The summed E-state index contributed by atoms with van der Waals surface area (Å²) in [4.78, 5) is 3.19. The van der Waals surface area contributed by atoms with Gasteiger partial charge in [0.05, 0.1) is 17.7 Å². The average molecular weight is 428 g/mol. The van der Waals surface area contributed by atoms with E-state index in [9.17, 15) is 26.3 Å². The molecule has 4 rings (SSSR count). The number of benzene rings is 2.